The van der Waals surface area contributed by atoms with E-state index in [4.69, 9.17) is 4.98 Å². The average Bonchev–Trinajstić information content (AvgIpc) is 2.80. The second kappa shape index (κ2) is 8.74. The molecule has 2 aromatic heterocycles. The number of benzene rings is 1. The summed E-state index contributed by atoms with van der Waals surface area (Å²) in [6.45, 7) is 5.05. The number of nitrogens with one attached hydrogen (secondary N) is 1. The van der Waals surface area contributed by atoms with E-state index >= 15 is 0 Å². The van der Waals surface area contributed by atoms with Crippen LogP contribution < -0.4 is 10.2 Å². The first-order chi connectivity index (χ1) is 14.2. The molecule has 0 aliphatic carbocycles. The van der Waals surface area contributed by atoms with Gasteiger partial charge in [-0.15, -0.1) is 0 Å². The van der Waals surface area contributed by atoms with Crippen molar-refractivity contribution in [3.63, 3.8) is 0 Å². The summed E-state index contributed by atoms with van der Waals surface area (Å²) < 4.78 is 0. The van der Waals surface area contributed by atoms with Crippen LogP contribution in [0.5, 0.6) is 0 Å². The van der Waals surface area contributed by atoms with Crippen LogP contribution in [0.25, 0.3) is 11.4 Å². The van der Waals surface area contributed by atoms with Crippen LogP contribution >= 0.6 is 0 Å². The van der Waals surface area contributed by atoms with Crippen molar-refractivity contribution in [1.29, 1.82) is 0 Å². The standard InChI is InChI=1S/C21H23N7O/c1-16(20(29)26-21-23-9-5-10-24-21)27-12-14-28(15-13-27)18-8-11-22-19(25-18)17-6-3-2-4-7-17/h2-11,16H,12-15H2,1H3,(H,23,24,26,29)/t16-/m1/s1. The van der Waals surface area contributed by atoms with Crippen molar-refractivity contribution in [2.24, 2.45) is 0 Å². The number of hydrogen-bond donors (Lipinski definition) is 1. The Bertz CT molecular complexity index is 944. The zero-order valence-corrected chi connectivity index (χ0v) is 16.3. The SMILES string of the molecule is C[C@H](C(=O)Nc1ncccn1)N1CCN(c2ccnc(-c3ccccc3)n2)CC1. The van der Waals surface area contributed by atoms with Gasteiger partial charge in [-0.25, -0.2) is 19.9 Å². The normalized spacial score (nSPS) is 15.7. The van der Waals surface area contributed by atoms with Gasteiger partial charge >= 0.3 is 0 Å². The lowest BCUT2D eigenvalue weighted by atomic mass is 10.2. The molecule has 8 heteroatoms. The number of amides is 1. The highest BCUT2D eigenvalue weighted by atomic mass is 16.2. The van der Waals surface area contributed by atoms with E-state index in [1.807, 2.05) is 43.3 Å². The molecule has 0 saturated carbocycles. The Balaban J connectivity index is 1.36. The van der Waals surface area contributed by atoms with E-state index in [9.17, 15) is 4.79 Å². The molecular formula is C21H23N7O. The lowest BCUT2D eigenvalue weighted by Gasteiger charge is -2.37. The van der Waals surface area contributed by atoms with E-state index in [1.54, 1.807) is 24.7 Å². The molecule has 1 atom stereocenters. The highest BCUT2D eigenvalue weighted by Crippen LogP contribution is 2.19. The van der Waals surface area contributed by atoms with Gasteiger partial charge in [0.2, 0.25) is 11.9 Å². The lowest BCUT2D eigenvalue weighted by molar-refractivity contribution is -0.120. The number of carbonyl (C=O) groups excluding carboxylic acids is 1. The Morgan fingerprint density at radius 2 is 1.66 bits per heavy atom. The predicted molar refractivity (Wildman–Crippen MR) is 111 cm³/mol. The van der Waals surface area contributed by atoms with Crippen molar-refractivity contribution in [3.05, 3.63) is 61.1 Å². The molecular weight excluding hydrogens is 366 g/mol. The maximum atomic E-state index is 12.5. The van der Waals surface area contributed by atoms with Crippen molar-refractivity contribution in [1.82, 2.24) is 24.8 Å². The number of carbonyl (C=O) groups is 1. The number of rotatable bonds is 5. The Labute approximate surface area is 169 Å². The van der Waals surface area contributed by atoms with Crippen molar-refractivity contribution in [2.45, 2.75) is 13.0 Å². The summed E-state index contributed by atoms with van der Waals surface area (Å²) in [6, 6.07) is 13.4. The van der Waals surface area contributed by atoms with E-state index < -0.39 is 0 Å². The molecule has 148 valence electrons. The van der Waals surface area contributed by atoms with E-state index in [0.717, 1.165) is 43.4 Å². The molecule has 3 heterocycles. The minimum atomic E-state index is -0.258. The minimum Gasteiger partial charge on any atom is -0.354 e. The monoisotopic (exact) mass is 389 g/mol. The van der Waals surface area contributed by atoms with Gasteiger partial charge in [0.15, 0.2) is 5.82 Å². The fourth-order valence-electron chi connectivity index (χ4n) is 3.33. The first-order valence-electron chi connectivity index (χ1n) is 9.66. The van der Waals surface area contributed by atoms with Gasteiger partial charge in [0.25, 0.3) is 0 Å². The van der Waals surface area contributed by atoms with Crippen LogP contribution in [0.1, 0.15) is 6.92 Å². The molecule has 1 aliphatic heterocycles. The summed E-state index contributed by atoms with van der Waals surface area (Å²) in [5.41, 5.74) is 1.00. The van der Waals surface area contributed by atoms with Crippen molar-refractivity contribution < 1.29 is 4.79 Å². The lowest BCUT2D eigenvalue weighted by Crippen LogP contribution is -2.53. The van der Waals surface area contributed by atoms with Gasteiger partial charge in [-0.3, -0.25) is 15.0 Å². The molecule has 1 fully saturated rings. The third-order valence-corrected chi connectivity index (χ3v) is 5.04. The number of nitrogens with zero attached hydrogens (tertiary/aromatic N) is 6. The molecule has 0 bridgehead atoms. The Morgan fingerprint density at radius 1 is 0.931 bits per heavy atom. The highest BCUT2D eigenvalue weighted by Gasteiger charge is 2.26. The molecule has 0 radical (unpaired) electrons. The maximum absolute atomic E-state index is 12.5. The Hall–Kier alpha value is -3.39. The fourth-order valence-corrected chi connectivity index (χ4v) is 3.33. The third kappa shape index (κ3) is 4.55. The number of piperazine rings is 1. The van der Waals surface area contributed by atoms with Crippen LogP contribution in [0.2, 0.25) is 0 Å². The second-order valence-electron chi connectivity index (χ2n) is 6.87. The molecule has 29 heavy (non-hydrogen) atoms. The second-order valence-corrected chi connectivity index (χ2v) is 6.87. The molecule has 8 nitrogen and oxygen atoms in total. The van der Waals surface area contributed by atoms with E-state index in [2.05, 4.69) is 30.1 Å². The first kappa shape index (κ1) is 18.9. The molecule has 3 aromatic rings. The van der Waals surface area contributed by atoms with E-state index in [-0.39, 0.29) is 11.9 Å². The predicted octanol–water partition coefficient (Wildman–Crippen LogP) is 2.08. The van der Waals surface area contributed by atoms with Gasteiger partial charge in [-0.05, 0) is 19.1 Å². The third-order valence-electron chi connectivity index (χ3n) is 5.04. The van der Waals surface area contributed by atoms with Crippen LogP contribution in [0, 0.1) is 0 Å². The summed E-state index contributed by atoms with van der Waals surface area (Å²) in [4.78, 5) is 34.1. The van der Waals surface area contributed by atoms with Gasteiger partial charge in [0.05, 0.1) is 6.04 Å². The molecule has 4 rings (SSSR count). The van der Waals surface area contributed by atoms with Gasteiger partial charge < -0.3 is 4.90 Å². The van der Waals surface area contributed by atoms with Crippen LogP contribution in [0.4, 0.5) is 11.8 Å². The van der Waals surface area contributed by atoms with Gasteiger partial charge in [-0.2, -0.15) is 0 Å². The Morgan fingerprint density at radius 3 is 2.38 bits per heavy atom. The highest BCUT2D eigenvalue weighted by molar-refractivity contribution is 5.93. The summed E-state index contributed by atoms with van der Waals surface area (Å²) in [7, 11) is 0. The number of hydrogen-bond acceptors (Lipinski definition) is 7. The number of anilines is 2. The molecule has 1 amide bonds. The fraction of sp³-hybridized carbons (Fsp3) is 0.286. The summed E-state index contributed by atoms with van der Waals surface area (Å²) in [5, 5.41) is 2.77. The maximum Gasteiger partial charge on any atom is 0.243 e. The molecule has 1 aromatic carbocycles. The van der Waals surface area contributed by atoms with Gasteiger partial charge in [0, 0.05) is 50.3 Å². The van der Waals surface area contributed by atoms with Crippen molar-refractivity contribution in [2.75, 3.05) is 36.4 Å². The minimum absolute atomic E-state index is 0.0990. The van der Waals surface area contributed by atoms with Crippen molar-refractivity contribution >= 4 is 17.7 Å². The van der Waals surface area contributed by atoms with Crippen LogP contribution in [0.15, 0.2) is 61.1 Å². The molecule has 1 aliphatic rings. The van der Waals surface area contributed by atoms with Gasteiger partial charge in [0.1, 0.15) is 5.82 Å². The van der Waals surface area contributed by atoms with Crippen LogP contribution in [-0.4, -0.2) is 63.0 Å². The van der Waals surface area contributed by atoms with E-state index in [1.165, 1.54) is 0 Å². The van der Waals surface area contributed by atoms with Crippen LogP contribution in [-0.2, 0) is 4.79 Å². The molecule has 1 saturated heterocycles. The van der Waals surface area contributed by atoms with Crippen molar-refractivity contribution in [3.8, 4) is 11.4 Å². The quantitative estimate of drug-likeness (QED) is 0.715. The zero-order valence-electron chi connectivity index (χ0n) is 16.3. The first-order valence-corrected chi connectivity index (χ1v) is 9.66. The molecule has 0 unspecified atom stereocenters. The zero-order chi connectivity index (χ0) is 20.1. The molecule has 1 N–H and O–H groups in total. The summed E-state index contributed by atoms with van der Waals surface area (Å²) in [6.07, 6.45) is 5.02. The smallest absolute Gasteiger partial charge is 0.243 e. The van der Waals surface area contributed by atoms with Crippen LogP contribution in [0.3, 0.4) is 0 Å². The number of aromatic nitrogens is 4. The topological polar surface area (TPSA) is 87.1 Å². The average molecular weight is 389 g/mol. The summed E-state index contributed by atoms with van der Waals surface area (Å²) >= 11 is 0. The largest absolute Gasteiger partial charge is 0.354 e. The van der Waals surface area contributed by atoms with E-state index in [0.29, 0.717) is 5.95 Å². The summed E-state index contributed by atoms with van der Waals surface area (Å²) in [5.74, 6) is 1.87. The molecule has 0 spiro atoms. The van der Waals surface area contributed by atoms with Gasteiger partial charge in [-0.1, -0.05) is 30.3 Å². The Kier molecular flexibility index (Phi) is 5.71.